The van der Waals surface area contributed by atoms with Crippen molar-refractivity contribution in [3.05, 3.63) is 29.8 Å². The lowest BCUT2D eigenvalue weighted by molar-refractivity contribution is 0.0931. The molecule has 100 valence electrons. The standard InChI is InChI=1S/C14H23N3O/c1-4-17(5-2)10-11(3)16-14(18)12-8-6-7-9-13(12)15/h6-9,11H,4-5,10,15H2,1-3H3,(H,16,18). The number of nitrogen functional groups attached to an aromatic ring is 1. The van der Waals surface area contributed by atoms with Gasteiger partial charge in [0.2, 0.25) is 0 Å². The Kier molecular flexibility index (Phi) is 5.65. The number of nitrogens with one attached hydrogen (secondary N) is 1. The smallest absolute Gasteiger partial charge is 0.253 e. The van der Waals surface area contributed by atoms with Crippen LogP contribution in [0.2, 0.25) is 0 Å². The molecule has 0 heterocycles. The molecule has 0 fully saturated rings. The van der Waals surface area contributed by atoms with E-state index in [1.54, 1.807) is 12.1 Å². The predicted octanol–water partition coefficient (Wildman–Crippen LogP) is 1.73. The molecule has 0 aliphatic heterocycles. The number of anilines is 1. The minimum atomic E-state index is -0.104. The molecule has 0 aromatic heterocycles. The van der Waals surface area contributed by atoms with Crippen LogP contribution < -0.4 is 11.1 Å². The summed E-state index contributed by atoms with van der Waals surface area (Å²) < 4.78 is 0. The Bertz CT molecular complexity index is 388. The largest absolute Gasteiger partial charge is 0.398 e. The molecule has 0 saturated heterocycles. The van der Waals surface area contributed by atoms with E-state index in [9.17, 15) is 4.79 Å². The Labute approximate surface area is 109 Å². The van der Waals surface area contributed by atoms with Crippen molar-refractivity contribution in [1.82, 2.24) is 10.2 Å². The van der Waals surface area contributed by atoms with E-state index in [0.717, 1.165) is 19.6 Å². The number of nitrogens with two attached hydrogens (primary N) is 1. The van der Waals surface area contributed by atoms with Crippen LogP contribution in [0, 0.1) is 0 Å². The van der Waals surface area contributed by atoms with Crippen molar-refractivity contribution in [3.8, 4) is 0 Å². The van der Waals surface area contributed by atoms with Crippen LogP contribution in [0.25, 0.3) is 0 Å². The van der Waals surface area contributed by atoms with Crippen LogP contribution in [-0.2, 0) is 0 Å². The normalized spacial score (nSPS) is 12.4. The second kappa shape index (κ2) is 7.01. The van der Waals surface area contributed by atoms with Crippen molar-refractivity contribution in [2.75, 3.05) is 25.4 Å². The first-order chi connectivity index (χ1) is 8.58. The highest BCUT2D eigenvalue weighted by atomic mass is 16.1. The Balaban J connectivity index is 2.57. The van der Waals surface area contributed by atoms with E-state index < -0.39 is 0 Å². The third-order valence-corrected chi connectivity index (χ3v) is 3.01. The van der Waals surface area contributed by atoms with Crippen LogP contribution in [0.1, 0.15) is 31.1 Å². The number of para-hydroxylation sites is 1. The number of benzene rings is 1. The summed E-state index contributed by atoms with van der Waals surface area (Å²) in [5.41, 5.74) is 6.84. The highest BCUT2D eigenvalue weighted by Gasteiger charge is 2.13. The third kappa shape index (κ3) is 4.04. The highest BCUT2D eigenvalue weighted by Crippen LogP contribution is 2.10. The highest BCUT2D eigenvalue weighted by molar-refractivity contribution is 5.99. The van der Waals surface area contributed by atoms with Gasteiger partial charge in [0.1, 0.15) is 0 Å². The Morgan fingerprint density at radius 3 is 2.50 bits per heavy atom. The Morgan fingerprint density at radius 2 is 1.94 bits per heavy atom. The van der Waals surface area contributed by atoms with E-state index in [-0.39, 0.29) is 11.9 Å². The molecule has 0 spiro atoms. The van der Waals surface area contributed by atoms with Crippen molar-refractivity contribution in [1.29, 1.82) is 0 Å². The van der Waals surface area contributed by atoms with E-state index in [0.29, 0.717) is 11.3 Å². The zero-order valence-electron chi connectivity index (χ0n) is 11.4. The first-order valence-corrected chi connectivity index (χ1v) is 6.46. The van der Waals surface area contributed by atoms with E-state index in [2.05, 4.69) is 24.1 Å². The fourth-order valence-electron chi connectivity index (χ4n) is 1.92. The van der Waals surface area contributed by atoms with Crippen molar-refractivity contribution in [2.45, 2.75) is 26.8 Å². The summed E-state index contributed by atoms with van der Waals surface area (Å²) in [5.74, 6) is -0.104. The maximum atomic E-state index is 12.0. The number of rotatable bonds is 6. The molecular formula is C14H23N3O. The summed E-state index contributed by atoms with van der Waals surface area (Å²) in [4.78, 5) is 14.3. The SMILES string of the molecule is CCN(CC)CC(C)NC(=O)c1ccccc1N. The van der Waals surface area contributed by atoms with Crippen molar-refractivity contribution in [2.24, 2.45) is 0 Å². The lowest BCUT2D eigenvalue weighted by atomic mass is 10.1. The molecule has 1 unspecified atom stereocenters. The number of hydrogen-bond donors (Lipinski definition) is 2. The minimum absolute atomic E-state index is 0.104. The number of likely N-dealkylation sites (N-methyl/N-ethyl adjacent to an activating group) is 1. The van der Waals surface area contributed by atoms with E-state index in [1.807, 2.05) is 19.1 Å². The molecular weight excluding hydrogens is 226 g/mol. The fourth-order valence-corrected chi connectivity index (χ4v) is 1.92. The quantitative estimate of drug-likeness (QED) is 0.755. The molecule has 0 aliphatic rings. The lowest BCUT2D eigenvalue weighted by Crippen LogP contribution is -2.42. The van der Waals surface area contributed by atoms with E-state index >= 15 is 0 Å². The first-order valence-electron chi connectivity index (χ1n) is 6.46. The predicted molar refractivity (Wildman–Crippen MR) is 75.6 cm³/mol. The maximum absolute atomic E-state index is 12.0. The zero-order valence-corrected chi connectivity index (χ0v) is 11.4. The molecule has 1 aromatic rings. The molecule has 4 nitrogen and oxygen atoms in total. The van der Waals surface area contributed by atoms with Crippen LogP contribution in [0.4, 0.5) is 5.69 Å². The van der Waals surface area contributed by atoms with Gasteiger partial charge < -0.3 is 16.0 Å². The first kappa shape index (κ1) is 14.5. The average Bonchev–Trinajstić information content (AvgIpc) is 2.36. The van der Waals surface area contributed by atoms with Crippen molar-refractivity contribution < 1.29 is 4.79 Å². The monoisotopic (exact) mass is 249 g/mol. The van der Waals surface area contributed by atoms with Crippen molar-refractivity contribution >= 4 is 11.6 Å². The molecule has 0 saturated carbocycles. The van der Waals surface area contributed by atoms with Gasteiger partial charge in [0, 0.05) is 18.3 Å². The zero-order chi connectivity index (χ0) is 13.5. The molecule has 18 heavy (non-hydrogen) atoms. The van der Waals surface area contributed by atoms with Gasteiger partial charge in [-0.3, -0.25) is 4.79 Å². The van der Waals surface area contributed by atoms with Crippen LogP contribution in [0.3, 0.4) is 0 Å². The summed E-state index contributed by atoms with van der Waals surface area (Å²) in [6, 6.07) is 7.24. The topological polar surface area (TPSA) is 58.4 Å². The summed E-state index contributed by atoms with van der Waals surface area (Å²) in [5, 5.41) is 2.98. The molecule has 1 rings (SSSR count). The van der Waals surface area contributed by atoms with E-state index in [4.69, 9.17) is 5.73 Å². The molecule has 4 heteroatoms. The fraction of sp³-hybridized carbons (Fsp3) is 0.500. The van der Waals surface area contributed by atoms with Crippen LogP contribution in [0.15, 0.2) is 24.3 Å². The van der Waals surface area contributed by atoms with Crippen molar-refractivity contribution in [3.63, 3.8) is 0 Å². The Morgan fingerprint density at radius 1 is 1.33 bits per heavy atom. The number of hydrogen-bond acceptors (Lipinski definition) is 3. The van der Waals surface area contributed by atoms with Crippen LogP contribution >= 0.6 is 0 Å². The molecule has 0 aliphatic carbocycles. The number of carbonyl (C=O) groups excluding carboxylic acids is 1. The maximum Gasteiger partial charge on any atom is 0.253 e. The molecule has 0 radical (unpaired) electrons. The number of nitrogens with zero attached hydrogens (tertiary/aromatic N) is 1. The Hall–Kier alpha value is -1.55. The summed E-state index contributed by atoms with van der Waals surface area (Å²) in [7, 11) is 0. The number of amides is 1. The second-order valence-corrected chi connectivity index (χ2v) is 4.45. The van der Waals surface area contributed by atoms with Crippen LogP contribution in [-0.4, -0.2) is 36.5 Å². The molecule has 1 atom stereocenters. The molecule has 0 bridgehead atoms. The molecule has 1 amide bonds. The van der Waals surface area contributed by atoms with Gasteiger partial charge in [-0.25, -0.2) is 0 Å². The summed E-state index contributed by atoms with van der Waals surface area (Å²) in [6.07, 6.45) is 0. The van der Waals surface area contributed by atoms with Gasteiger partial charge in [-0.05, 0) is 32.1 Å². The van der Waals surface area contributed by atoms with Gasteiger partial charge in [-0.15, -0.1) is 0 Å². The van der Waals surface area contributed by atoms with Gasteiger partial charge in [0.25, 0.3) is 5.91 Å². The van der Waals surface area contributed by atoms with Crippen LogP contribution in [0.5, 0.6) is 0 Å². The van der Waals surface area contributed by atoms with Gasteiger partial charge >= 0.3 is 0 Å². The molecule has 3 N–H and O–H groups in total. The van der Waals surface area contributed by atoms with Gasteiger partial charge in [0.15, 0.2) is 0 Å². The van der Waals surface area contributed by atoms with Gasteiger partial charge in [0.05, 0.1) is 5.56 Å². The lowest BCUT2D eigenvalue weighted by Gasteiger charge is -2.23. The molecule has 1 aromatic carbocycles. The summed E-state index contributed by atoms with van der Waals surface area (Å²) >= 11 is 0. The third-order valence-electron chi connectivity index (χ3n) is 3.01. The van der Waals surface area contributed by atoms with Gasteiger partial charge in [-0.1, -0.05) is 26.0 Å². The second-order valence-electron chi connectivity index (χ2n) is 4.45. The average molecular weight is 249 g/mol. The summed E-state index contributed by atoms with van der Waals surface area (Å²) in [6.45, 7) is 9.08. The minimum Gasteiger partial charge on any atom is -0.398 e. The number of carbonyl (C=O) groups is 1. The van der Waals surface area contributed by atoms with E-state index in [1.165, 1.54) is 0 Å². The van der Waals surface area contributed by atoms with Gasteiger partial charge in [-0.2, -0.15) is 0 Å².